The molecule has 0 spiro atoms. The molecule has 0 radical (unpaired) electrons. The predicted octanol–water partition coefficient (Wildman–Crippen LogP) is 8.29. The molecule has 0 amide bonds. The number of fused-ring (bicyclic) bond motifs is 1. The van der Waals surface area contributed by atoms with Gasteiger partial charge in [-0.05, 0) is 86.9 Å². The van der Waals surface area contributed by atoms with Crippen LogP contribution in [0.4, 0.5) is 11.4 Å². The molecule has 0 saturated carbocycles. The zero-order valence-corrected chi connectivity index (χ0v) is 19.9. The van der Waals surface area contributed by atoms with E-state index < -0.39 is 0 Å². The van der Waals surface area contributed by atoms with E-state index in [1.165, 1.54) is 16.8 Å². The average molecular weight is 445 g/mol. The number of anilines is 1. The second kappa shape index (κ2) is 9.22. The fraction of sp³-hybridized carbons (Fsp3) is 0.250. The Morgan fingerprint density at radius 2 is 1.78 bits per heavy atom. The van der Waals surface area contributed by atoms with E-state index in [-0.39, 0.29) is 5.54 Å². The van der Waals surface area contributed by atoms with Gasteiger partial charge in [-0.2, -0.15) is 0 Å². The molecule has 0 atom stereocenters. The Bertz CT molecular complexity index is 1160. The molecule has 0 N–H and O–H groups in total. The molecule has 0 aromatic heterocycles. The van der Waals surface area contributed by atoms with Gasteiger partial charge < -0.3 is 9.64 Å². The van der Waals surface area contributed by atoms with E-state index in [1.807, 2.05) is 54.7 Å². The van der Waals surface area contributed by atoms with Crippen LogP contribution in [0.3, 0.4) is 0 Å². The highest BCUT2D eigenvalue weighted by molar-refractivity contribution is 6.32. The van der Waals surface area contributed by atoms with Crippen LogP contribution in [-0.4, -0.2) is 18.3 Å². The van der Waals surface area contributed by atoms with Crippen molar-refractivity contribution in [2.45, 2.75) is 39.7 Å². The monoisotopic (exact) mass is 444 g/mol. The second-order valence-electron chi connectivity index (χ2n) is 8.69. The van der Waals surface area contributed by atoms with Gasteiger partial charge in [-0.15, -0.1) is 0 Å². The van der Waals surface area contributed by atoms with Gasteiger partial charge in [-0.3, -0.25) is 4.99 Å². The van der Waals surface area contributed by atoms with Gasteiger partial charge in [0.2, 0.25) is 0 Å². The van der Waals surface area contributed by atoms with Crippen LogP contribution >= 0.6 is 11.6 Å². The van der Waals surface area contributed by atoms with Gasteiger partial charge in [0, 0.05) is 24.0 Å². The lowest BCUT2D eigenvalue weighted by Crippen LogP contribution is -2.45. The minimum absolute atomic E-state index is 0.0243. The summed E-state index contributed by atoms with van der Waals surface area (Å²) in [7, 11) is 0. The summed E-state index contributed by atoms with van der Waals surface area (Å²) in [6.07, 6.45) is 5.40. The lowest BCUT2D eigenvalue weighted by molar-refractivity contribution is 0.483. The first-order valence-electron chi connectivity index (χ1n) is 11.1. The van der Waals surface area contributed by atoms with Crippen molar-refractivity contribution >= 4 is 34.8 Å². The van der Waals surface area contributed by atoms with Crippen LogP contribution in [-0.2, 0) is 0 Å². The molecular weight excluding hydrogens is 416 g/mol. The van der Waals surface area contributed by atoms with Crippen molar-refractivity contribution < 1.29 is 4.74 Å². The van der Waals surface area contributed by atoms with Gasteiger partial charge >= 0.3 is 0 Å². The van der Waals surface area contributed by atoms with E-state index in [4.69, 9.17) is 16.3 Å². The van der Waals surface area contributed by atoms with E-state index in [0.29, 0.717) is 10.8 Å². The number of halogens is 1. The lowest BCUT2D eigenvalue weighted by Gasteiger charge is -2.43. The Labute approximate surface area is 196 Å². The lowest BCUT2D eigenvalue weighted by atomic mass is 9.88. The minimum atomic E-state index is 0.0243. The van der Waals surface area contributed by atoms with Gasteiger partial charge in [0.1, 0.15) is 11.5 Å². The predicted molar refractivity (Wildman–Crippen MR) is 137 cm³/mol. The van der Waals surface area contributed by atoms with E-state index >= 15 is 0 Å². The standard InChI is InChI=1S/C28H29ClN2O/c1-5-16-31-26-15-10-21(17-24(26)20(2)18-28(31,3)4)19-30-22-11-13-23(14-12-22)32-27-9-7-6-8-25(27)29/h6-15,17-19H,5,16H2,1-4H3. The maximum atomic E-state index is 6.17. The summed E-state index contributed by atoms with van der Waals surface area (Å²) in [6.45, 7) is 10.0. The zero-order valence-electron chi connectivity index (χ0n) is 19.1. The third kappa shape index (κ3) is 4.73. The summed E-state index contributed by atoms with van der Waals surface area (Å²) in [5.74, 6) is 1.37. The van der Waals surface area contributed by atoms with Crippen molar-refractivity contribution in [3.8, 4) is 11.5 Å². The number of para-hydroxylation sites is 1. The number of ether oxygens (including phenoxy) is 1. The van der Waals surface area contributed by atoms with Crippen LogP contribution in [0.25, 0.3) is 5.57 Å². The van der Waals surface area contributed by atoms with Gasteiger partial charge in [0.15, 0.2) is 0 Å². The molecule has 4 rings (SSSR count). The Kier molecular flexibility index (Phi) is 6.38. The van der Waals surface area contributed by atoms with Gasteiger partial charge in [-0.1, -0.05) is 42.8 Å². The van der Waals surface area contributed by atoms with Crippen molar-refractivity contribution in [3.63, 3.8) is 0 Å². The SMILES string of the molecule is CCCN1c2ccc(C=Nc3ccc(Oc4ccccc4Cl)cc3)cc2C(C)=CC1(C)C. The largest absolute Gasteiger partial charge is 0.456 e. The minimum Gasteiger partial charge on any atom is -0.456 e. The summed E-state index contributed by atoms with van der Waals surface area (Å²) in [5, 5.41) is 0.590. The summed E-state index contributed by atoms with van der Waals surface area (Å²) >= 11 is 6.17. The first-order chi connectivity index (χ1) is 15.4. The summed E-state index contributed by atoms with van der Waals surface area (Å²) in [6, 6.07) is 21.7. The van der Waals surface area contributed by atoms with Crippen molar-refractivity contribution in [1.29, 1.82) is 0 Å². The highest BCUT2D eigenvalue weighted by Crippen LogP contribution is 2.39. The van der Waals surface area contributed by atoms with Crippen molar-refractivity contribution in [2.24, 2.45) is 4.99 Å². The number of rotatable bonds is 6. The van der Waals surface area contributed by atoms with E-state index in [2.05, 4.69) is 61.9 Å². The smallest absolute Gasteiger partial charge is 0.146 e. The third-order valence-electron chi connectivity index (χ3n) is 5.71. The van der Waals surface area contributed by atoms with Gasteiger partial charge in [-0.25, -0.2) is 0 Å². The Hall–Kier alpha value is -3.04. The number of allylic oxidation sites excluding steroid dienone is 1. The Morgan fingerprint density at radius 3 is 2.50 bits per heavy atom. The second-order valence-corrected chi connectivity index (χ2v) is 9.10. The Morgan fingerprint density at radius 1 is 1.03 bits per heavy atom. The normalized spacial score (nSPS) is 14.9. The van der Waals surface area contributed by atoms with Crippen molar-refractivity contribution in [1.82, 2.24) is 0 Å². The molecule has 0 aliphatic carbocycles. The Balaban J connectivity index is 1.52. The average Bonchev–Trinajstić information content (AvgIpc) is 2.77. The first kappa shape index (κ1) is 22.2. The molecular formula is C28H29ClN2O. The van der Waals surface area contributed by atoms with Crippen LogP contribution < -0.4 is 9.64 Å². The molecule has 1 aliphatic rings. The highest BCUT2D eigenvalue weighted by Gasteiger charge is 2.30. The van der Waals surface area contributed by atoms with E-state index in [1.54, 1.807) is 0 Å². The van der Waals surface area contributed by atoms with E-state index in [9.17, 15) is 0 Å². The quantitative estimate of drug-likeness (QED) is 0.357. The molecule has 1 heterocycles. The van der Waals surface area contributed by atoms with E-state index in [0.717, 1.165) is 30.0 Å². The zero-order chi connectivity index (χ0) is 22.7. The van der Waals surface area contributed by atoms with Gasteiger partial charge in [0.05, 0.1) is 16.2 Å². The van der Waals surface area contributed by atoms with Gasteiger partial charge in [0.25, 0.3) is 0 Å². The number of nitrogens with zero attached hydrogens (tertiary/aromatic N) is 2. The fourth-order valence-corrected chi connectivity index (χ4v) is 4.39. The molecule has 3 aromatic carbocycles. The van der Waals surface area contributed by atoms with Crippen LogP contribution in [0.5, 0.6) is 11.5 Å². The first-order valence-corrected chi connectivity index (χ1v) is 11.4. The fourth-order valence-electron chi connectivity index (χ4n) is 4.22. The maximum Gasteiger partial charge on any atom is 0.146 e. The molecule has 164 valence electrons. The molecule has 3 nitrogen and oxygen atoms in total. The number of aliphatic imine (C=N–C) groups is 1. The van der Waals surface area contributed by atoms with Crippen molar-refractivity contribution in [3.05, 3.63) is 89.0 Å². The molecule has 0 bridgehead atoms. The molecule has 32 heavy (non-hydrogen) atoms. The molecule has 0 saturated heterocycles. The molecule has 0 unspecified atom stereocenters. The summed E-state index contributed by atoms with van der Waals surface area (Å²) < 4.78 is 5.85. The molecule has 0 fully saturated rings. The number of benzene rings is 3. The third-order valence-corrected chi connectivity index (χ3v) is 6.02. The molecule has 4 heteroatoms. The highest BCUT2D eigenvalue weighted by atomic mass is 35.5. The summed E-state index contributed by atoms with van der Waals surface area (Å²) in [4.78, 5) is 7.15. The summed E-state index contributed by atoms with van der Waals surface area (Å²) in [5.41, 5.74) is 5.88. The topological polar surface area (TPSA) is 24.8 Å². The number of hydrogen-bond acceptors (Lipinski definition) is 3. The molecule has 1 aliphatic heterocycles. The van der Waals surface area contributed by atoms with Crippen molar-refractivity contribution in [2.75, 3.05) is 11.4 Å². The molecule has 3 aromatic rings. The van der Waals surface area contributed by atoms with Crippen LogP contribution in [0.15, 0.2) is 77.8 Å². The van der Waals surface area contributed by atoms with Crippen LogP contribution in [0, 0.1) is 0 Å². The maximum absolute atomic E-state index is 6.17. The van der Waals surface area contributed by atoms with Crippen LogP contribution in [0.2, 0.25) is 5.02 Å². The van der Waals surface area contributed by atoms with Crippen LogP contribution in [0.1, 0.15) is 45.2 Å². The number of hydrogen-bond donors (Lipinski definition) is 0.